The Kier molecular flexibility index (Phi) is 7.99. The monoisotopic (exact) mass is 357 g/mol. The molecule has 1 aromatic carbocycles. The summed E-state index contributed by atoms with van der Waals surface area (Å²) in [5.74, 6) is 1.02. The number of hydrogen-bond acceptors (Lipinski definition) is 4. The maximum absolute atomic E-state index is 4.36. The first-order valence-corrected chi connectivity index (χ1v) is 7.64. The van der Waals surface area contributed by atoms with Crippen molar-refractivity contribution in [3.8, 4) is 0 Å². The molecule has 2 aromatic rings. The number of halogens is 2. The highest BCUT2D eigenvalue weighted by Gasteiger charge is 2.24. The SMILES string of the molecule is CCc1ccc(C2CNCCN2Cc2ncnn2C)cc1.Cl.Cl. The van der Waals surface area contributed by atoms with E-state index < -0.39 is 0 Å². The molecule has 1 fully saturated rings. The van der Waals surface area contributed by atoms with Gasteiger partial charge >= 0.3 is 0 Å². The molecule has 7 heteroatoms. The molecule has 1 aliphatic heterocycles. The lowest BCUT2D eigenvalue weighted by Gasteiger charge is -2.36. The van der Waals surface area contributed by atoms with Crippen molar-refractivity contribution in [2.24, 2.45) is 7.05 Å². The van der Waals surface area contributed by atoms with Crippen LogP contribution in [0.15, 0.2) is 30.6 Å². The molecule has 0 aliphatic carbocycles. The van der Waals surface area contributed by atoms with Gasteiger partial charge in [0.25, 0.3) is 0 Å². The van der Waals surface area contributed by atoms with Crippen molar-refractivity contribution in [1.29, 1.82) is 0 Å². The van der Waals surface area contributed by atoms with Crippen LogP contribution in [0.5, 0.6) is 0 Å². The van der Waals surface area contributed by atoms with Crippen molar-refractivity contribution in [3.63, 3.8) is 0 Å². The highest BCUT2D eigenvalue weighted by molar-refractivity contribution is 5.85. The standard InChI is InChI=1S/C16H23N5.2ClH/c1-3-13-4-6-14(7-5-13)15-10-17-8-9-21(15)11-16-18-12-19-20(16)2;;/h4-7,12,15,17H,3,8-11H2,1-2H3;2*1H. The normalized spacial score (nSPS) is 18.1. The number of nitrogens with zero attached hydrogens (tertiary/aromatic N) is 4. The highest BCUT2D eigenvalue weighted by atomic mass is 35.5. The van der Waals surface area contributed by atoms with Crippen molar-refractivity contribution in [3.05, 3.63) is 47.5 Å². The van der Waals surface area contributed by atoms with Crippen LogP contribution in [0, 0.1) is 0 Å². The predicted octanol–water partition coefficient (Wildman–Crippen LogP) is 2.37. The van der Waals surface area contributed by atoms with E-state index in [1.54, 1.807) is 6.33 Å². The molecule has 5 nitrogen and oxygen atoms in total. The Hall–Kier alpha value is -1.14. The van der Waals surface area contributed by atoms with Crippen molar-refractivity contribution in [2.45, 2.75) is 25.9 Å². The lowest BCUT2D eigenvalue weighted by molar-refractivity contribution is 0.148. The highest BCUT2D eigenvalue weighted by Crippen LogP contribution is 2.24. The molecule has 1 unspecified atom stereocenters. The second kappa shape index (κ2) is 9.23. The molecule has 1 aromatic heterocycles. The summed E-state index contributed by atoms with van der Waals surface area (Å²) in [6.45, 7) is 6.09. The molecule has 23 heavy (non-hydrogen) atoms. The summed E-state index contributed by atoms with van der Waals surface area (Å²) in [4.78, 5) is 6.84. The minimum absolute atomic E-state index is 0. The van der Waals surface area contributed by atoms with Crippen LogP contribution in [0.3, 0.4) is 0 Å². The van der Waals surface area contributed by atoms with Crippen LogP contribution in [0.25, 0.3) is 0 Å². The number of benzene rings is 1. The molecule has 2 heterocycles. The van der Waals surface area contributed by atoms with E-state index in [9.17, 15) is 0 Å². The minimum Gasteiger partial charge on any atom is -0.314 e. The summed E-state index contributed by atoms with van der Waals surface area (Å²) in [6.07, 6.45) is 2.72. The topological polar surface area (TPSA) is 46.0 Å². The van der Waals surface area contributed by atoms with E-state index in [2.05, 4.69) is 51.5 Å². The van der Waals surface area contributed by atoms with Crippen molar-refractivity contribution in [2.75, 3.05) is 19.6 Å². The fraction of sp³-hybridized carbons (Fsp3) is 0.500. The van der Waals surface area contributed by atoms with Gasteiger partial charge in [-0.05, 0) is 17.5 Å². The summed E-state index contributed by atoms with van der Waals surface area (Å²) in [6, 6.07) is 9.41. The Bertz CT molecular complexity index is 584. The first kappa shape index (κ1) is 19.9. The molecule has 0 bridgehead atoms. The summed E-state index contributed by atoms with van der Waals surface area (Å²) >= 11 is 0. The van der Waals surface area contributed by atoms with Crippen LogP contribution in [0.1, 0.15) is 29.9 Å². The zero-order valence-corrected chi connectivity index (χ0v) is 15.2. The number of rotatable bonds is 4. The van der Waals surface area contributed by atoms with Gasteiger partial charge in [0, 0.05) is 32.7 Å². The first-order chi connectivity index (χ1) is 10.3. The molecule has 3 rings (SSSR count). The van der Waals surface area contributed by atoms with Crippen LogP contribution in [0.2, 0.25) is 0 Å². The van der Waals surface area contributed by atoms with Crippen molar-refractivity contribution in [1.82, 2.24) is 25.0 Å². The number of hydrogen-bond donors (Lipinski definition) is 1. The van der Waals surface area contributed by atoms with E-state index in [0.717, 1.165) is 38.4 Å². The summed E-state index contributed by atoms with van der Waals surface area (Å²) in [7, 11) is 1.95. The Balaban J connectivity index is 0.00000132. The zero-order valence-electron chi connectivity index (χ0n) is 13.6. The largest absolute Gasteiger partial charge is 0.314 e. The minimum atomic E-state index is 0. The van der Waals surface area contributed by atoms with Gasteiger partial charge in [0.15, 0.2) is 0 Å². The van der Waals surface area contributed by atoms with Gasteiger partial charge in [-0.3, -0.25) is 9.58 Å². The first-order valence-electron chi connectivity index (χ1n) is 7.64. The summed E-state index contributed by atoms with van der Waals surface area (Å²) in [5.41, 5.74) is 2.77. The Morgan fingerprint density at radius 3 is 2.57 bits per heavy atom. The molecule has 0 spiro atoms. The van der Waals surface area contributed by atoms with Gasteiger partial charge in [-0.2, -0.15) is 5.10 Å². The van der Waals surface area contributed by atoms with E-state index in [0.29, 0.717) is 6.04 Å². The van der Waals surface area contributed by atoms with Crippen LogP contribution in [-0.4, -0.2) is 39.3 Å². The predicted molar refractivity (Wildman–Crippen MR) is 97.3 cm³/mol. The van der Waals surface area contributed by atoms with Gasteiger partial charge in [0.2, 0.25) is 0 Å². The molecule has 1 aliphatic rings. The molecular weight excluding hydrogens is 333 g/mol. The maximum atomic E-state index is 4.36. The fourth-order valence-corrected chi connectivity index (χ4v) is 2.88. The van der Waals surface area contributed by atoms with Crippen LogP contribution >= 0.6 is 24.8 Å². The maximum Gasteiger partial charge on any atom is 0.140 e. The number of aromatic nitrogens is 3. The molecule has 0 amide bonds. The number of piperazine rings is 1. The van der Waals surface area contributed by atoms with Crippen LogP contribution in [-0.2, 0) is 20.0 Å². The smallest absolute Gasteiger partial charge is 0.140 e. The number of aryl methyl sites for hydroxylation is 2. The Morgan fingerprint density at radius 1 is 1.22 bits per heavy atom. The van der Waals surface area contributed by atoms with Gasteiger partial charge in [-0.25, -0.2) is 4.98 Å². The second-order valence-corrected chi connectivity index (χ2v) is 5.59. The summed E-state index contributed by atoms with van der Waals surface area (Å²) in [5, 5.41) is 7.67. The summed E-state index contributed by atoms with van der Waals surface area (Å²) < 4.78 is 1.86. The lowest BCUT2D eigenvalue weighted by Crippen LogP contribution is -2.45. The van der Waals surface area contributed by atoms with Crippen molar-refractivity contribution >= 4 is 24.8 Å². The molecule has 1 N–H and O–H groups in total. The Labute approximate surface area is 150 Å². The average Bonchev–Trinajstić information content (AvgIpc) is 2.93. The van der Waals surface area contributed by atoms with Crippen LogP contribution in [0.4, 0.5) is 0 Å². The lowest BCUT2D eigenvalue weighted by atomic mass is 10.0. The van der Waals surface area contributed by atoms with E-state index in [1.807, 2.05) is 11.7 Å². The average molecular weight is 358 g/mol. The van der Waals surface area contributed by atoms with E-state index in [1.165, 1.54) is 11.1 Å². The molecular formula is C16H25Cl2N5. The third-order valence-electron chi connectivity index (χ3n) is 4.28. The molecule has 0 saturated carbocycles. The van der Waals surface area contributed by atoms with Gasteiger partial charge in [0.1, 0.15) is 12.2 Å². The molecule has 1 atom stereocenters. The second-order valence-electron chi connectivity index (χ2n) is 5.59. The molecule has 1 saturated heterocycles. The fourth-order valence-electron chi connectivity index (χ4n) is 2.88. The molecule has 0 radical (unpaired) electrons. The van der Waals surface area contributed by atoms with Gasteiger partial charge in [0.05, 0.1) is 6.54 Å². The van der Waals surface area contributed by atoms with Gasteiger partial charge in [-0.1, -0.05) is 31.2 Å². The van der Waals surface area contributed by atoms with Crippen LogP contribution < -0.4 is 5.32 Å². The zero-order chi connectivity index (χ0) is 14.7. The van der Waals surface area contributed by atoms with E-state index >= 15 is 0 Å². The third-order valence-corrected chi connectivity index (χ3v) is 4.28. The van der Waals surface area contributed by atoms with Crippen molar-refractivity contribution < 1.29 is 0 Å². The van der Waals surface area contributed by atoms with Gasteiger partial charge < -0.3 is 5.32 Å². The van der Waals surface area contributed by atoms with E-state index in [4.69, 9.17) is 0 Å². The van der Waals surface area contributed by atoms with Gasteiger partial charge in [-0.15, -0.1) is 24.8 Å². The van der Waals surface area contributed by atoms with E-state index in [-0.39, 0.29) is 24.8 Å². The molecule has 128 valence electrons. The third kappa shape index (κ3) is 4.67. The number of nitrogens with one attached hydrogen (secondary N) is 1. The quantitative estimate of drug-likeness (QED) is 0.912. The Morgan fingerprint density at radius 2 is 1.96 bits per heavy atom.